The molecule has 0 spiro atoms. The van der Waals surface area contributed by atoms with Gasteiger partial charge in [-0.2, -0.15) is 0 Å². The van der Waals surface area contributed by atoms with Crippen LogP contribution in [0.2, 0.25) is 0 Å². The first-order valence-corrected chi connectivity index (χ1v) is 10.7. The highest BCUT2D eigenvalue weighted by Gasteiger charge is 2.28. The predicted molar refractivity (Wildman–Crippen MR) is 124 cm³/mol. The topological polar surface area (TPSA) is 92.3 Å². The molecule has 1 fully saturated rings. The number of carbonyl (C=O) groups excluding carboxylic acids is 1. The largest absolute Gasteiger partial charge is 0.497 e. The Hall–Kier alpha value is -3.52. The van der Waals surface area contributed by atoms with E-state index in [4.69, 9.17) is 4.74 Å². The summed E-state index contributed by atoms with van der Waals surface area (Å²) in [6.45, 7) is 5.09. The summed E-state index contributed by atoms with van der Waals surface area (Å²) >= 11 is 0. The van der Waals surface area contributed by atoms with Crippen molar-refractivity contribution >= 4 is 23.2 Å². The number of ether oxygens (including phenoxy) is 1. The normalized spacial score (nSPS) is 16.0. The first-order valence-electron chi connectivity index (χ1n) is 10.7. The first kappa shape index (κ1) is 21.7. The SMILES string of the molecule is COc1ccc(NC(=O)CN2CCC[C@@H]2c2ccc(Nc3nc(C)cc(C)n3)cn2)cc1. The van der Waals surface area contributed by atoms with Gasteiger partial charge < -0.3 is 15.4 Å². The molecular formula is C24H28N6O2. The fourth-order valence-electron chi connectivity index (χ4n) is 4.00. The third-order valence-electron chi connectivity index (χ3n) is 5.45. The van der Waals surface area contributed by atoms with Crippen molar-refractivity contribution in [3.8, 4) is 5.75 Å². The molecule has 3 aromatic rings. The van der Waals surface area contributed by atoms with Crippen molar-refractivity contribution in [2.45, 2.75) is 32.7 Å². The fraction of sp³-hybridized carbons (Fsp3) is 0.333. The average Bonchev–Trinajstić information content (AvgIpc) is 3.22. The number of likely N-dealkylation sites (tertiary alicyclic amines) is 1. The van der Waals surface area contributed by atoms with Crippen LogP contribution in [0.3, 0.4) is 0 Å². The summed E-state index contributed by atoms with van der Waals surface area (Å²) in [5.74, 6) is 1.29. The van der Waals surface area contributed by atoms with Gasteiger partial charge in [0.2, 0.25) is 11.9 Å². The van der Waals surface area contributed by atoms with Crippen molar-refractivity contribution in [1.82, 2.24) is 19.9 Å². The number of carbonyl (C=O) groups is 1. The lowest BCUT2D eigenvalue weighted by Crippen LogP contribution is -2.33. The van der Waals surface area contributed by atoms with E-state index < -0.39 is 0 Å². The maximum Gasteiger partial charge on any atom is 0.238 e. The molecule has 3 heterocycles. The number of nitrogens with one attached hydrogen (secondary N) is 2. The zero-order valence-electron chi connectivity index (χ0n) is 18.6. The van der Waals surface area contributed by atoms with E-state index in [2.05, 4.69) is 30.5 Å². The summed E-state index contributed by atoms with van der Waals surface area (Å²) in [6.07, 6.45) is 3.82. The Morgan fingerprint density at radius 2 is 1.81 bits per heavy atom. The lowest BCUT2D eigenvalue weighted by Gasteiger charge is -2.23. The first-order chi connectivity index (χ1) is 15.5. The van der Waals surface area contributed by atoms with E-state index in [1.807, 2.05) is 56.3 Å². The van der Waals surface area contributed by atoms with Crippen molar-refractivity contribution < 1.29 is 9.53 Å². The van der Waals surface area contributed by atoms with Crippen molar-refractivity contribution in [3.63, 3.8) is 0 Å². The third-order valence-corrected chi connectivity index (χ3v) is 5.45. The van der Waals surface area contributed by atoms with Gasteiger partial charge in [0.15, 0.2) is 0 Å². The van der Waals surface area contributed by atoms with E-state index in [1.54, 1.807) is 13.3 Å². The number of aryl methyl sites for hydroxylation is 2. The van der Waals surface area contributed by atoms with Crippen LogP contribution in [0.15, 0.2) is 48.7 Å². The molecule has 1 amide bonds. The fourth-order valence-corrected chi connectivity index (χ4v) is 4.00. The van der Waals surface area contributed by atoms with Gasteiger partial charge in [-0.1, -0.05) is 0 Å². The second kappa shape index (κ2) is 9.74. The Balaban J connectivity index is 1.37. The van der Waals surface area contributed by atoms with E-state index in [9.17, 15) is 4.79 Å². The number of pyridine rings is 1. The molecule has 32 heavy (non-hydrogen) atoms. The number of amides is 1. The Morgan fingerprint density at radius 1 is 1.09 bits per heavy atom. The molecule has 2 N–H and O–H groups in total. The number of anilines is 3. The number of hydrogen-bond acceptors (Lipinski definition) is 7. The zero-order chi connectivity index (χ0) is 22.5. The maximum absolute atomic E-state index is 12.6. The molecule has 0 saturated carbocycles. The smallest absolute Gasteiger partial charge is 0.238 e. The van der Waals surface area contributed by atoms with Crippen molar-refractivity contribution in [1.29, 1.82) is 0 Å². The van der Waals surface area contributed by atoms with Gasteiger partial charge in [-0.3, -0.25) is 14.7 Å². The maximum atomic E-state index is 12.6. The summed E-state index contributed by atoms with van der Waals surface area (Å²) < 4.78 is 5.16. The summed E-state index contributed by atoms with van der Waals surface area (Å²) in [6, 6.07) is 13.4. The summed E-state index contributed by atoms with van der Waals surface area (Å²) in [5, 5.41) is 6.17. The quantitative estimate of drug-likeness (QED) is 0.583. The van der Waals surface area contributed by atoms with Gasteiger partial charge in [0.1, 0.15) is 5.75 Å². The summed E-state index contributed by atoms with van der Waals surface area (Å²) in [4.78, 5) is 28.2. The van der Waals surface area contributed by atoms with Crippen molar-refractivity contribution in [3.05, 3.63) is 65.7 Å². The molecule has 4 rings (SSSR count). The van der Waals surface area contributed by atoms with E-state index in [-0.39, 0.29) is 11.9 Å². The number of rotatable bonds is 7. The highest BCUT2D eigenvalue weighted by molar-refractivity contribution is 5.92. The van der Waals surface area contributed by atoms with Gasteiger partial charge in [-0.05, 0) is 75.7 Å². The van der Waals surface area contributed by atoms with Gasteiger partial charge in [0.05, 0.1) is 37.3 Å². The molecule has 0 bridgehead atoms. The monoisotopic (exact) mass is 432 g/mol. The Kier molecular flexibility index (Phi) is 6.61. The van der Waals surface area contributed by atoms with Crippen LogP contribution in [0.4, 0.5) is 17.3 Å². The molecule has 1 aliphatic heterocycles. The molecule has 2 aromatic heterocycles. The summed E-state index contributed by atoms with van der Waals surface area (Å²) in [5.41, 5.74) is 4.39. The molecule has 0 unspecified atom stereocenters. The second-order valence-corrected chi connectivity index (χ2v) is 7.98. The summed E-state index contributed by atoms with van der Waals surface area (Å²) in [7, 11) is 1.62. The molecular weight excluding hydrogens is 404 g/mol. The number of aromatic nitrogens is 3. The van der Waals surface area contributed by atoms with Crippen LogP contribution in [0, 0.1) is 13.8 Å². The second-order valence-electron chi connectivity index (χ2n) is 7.98. The number of methoxy groups -OCH3 is 1. The van der Waals surface area contributed by atoms with Crippen LogP contribution in [0.1, 0.15) is 36.0 Å². The number of nitrogens with zero attached hydrogens (tertiary/aromatic N) is 4. The predicted octanol–water partition coefficient (Wildman–Crippen LogP) is 4.02. The molecule has 8 heteroatoms. The van der Waals surface area contributed by atoms with Gasteiger partial charge in [0.25, 0.3) is 0 Å². The van der Waals surface area contributed by atoms with Crippen LogP contribution < -0.4 is 15.4 Å². The minimum Gasteiger partial charge on any atom is -0.497 e. The van der Waals surface area contributed by atoms with Gasteiger partial charge >= 0.3 is 0 Å². The van der Waals surface area contributed by atoms with Crippen molar-refractivity contribution in [2.24, 2.45) is 0 Å². The number of benzene rings is 1. The van der Waals surface area contributed by atoms with Gasteiger partial charge in [0, 0.05) is 17.1 Å². The molecule has 0 aliphatic carbocycles. The lowest BCUT2D eigenvalue weighted by atomic mass is 10.1. The molecule has 166 valence electrons. The molecule has 0 radical (unpaired) electrons. The Bertz CT molecular complexity index is 1050. The molecule has 1 aliphatic rings. The molecule has 8 nitrogen and oxygen atoms in total. The van der Waals surface area contributed by atoms with E-state index in [1.165, 1.54) is 0 Å². The van der Waals surface area contributed by atoms with Crippen LogP contribution in [0.25, 0.3) is 0 Å². The highest BCUT2D eigenvalue weighted by Crippen LogP contribution is 2.31. The van der Waals surface area contributed by atoms with Crippen LogP contribution in [-0.2, 0) is 4.79 Å². The molecule has 1 atom stereocenters. The highest BCUT2D eigenvalue weighted by atomic mass is 16.5. The van der Waals surface area contributed by atoms with Crippen LogP contribution in [-0.4, -0.2) is 46.0 Å². The Morgan fingerprint density at radius 3 is 2.47 bits per heavy atom. The zero-order valence-corrected chi connectivity index (χ0v) is 18.6. The van der Waals surface area contributed by atoms with Crippen LogP contribution in [0.5, 0.6) is 5.75 Å². The van der Waals surface area contributed by atoms with Crippen molar-refractivity contribution in [2.75, 3.05) is 30.8 Å². The van der Waals surface area contributed by atoms with E-state index in [0.717, 1.165) is 53.6 Å². The van der Waals surface area contributed by atoms with Gasteiger partial charge in [-0.15, -0.1) is 0 Å². The average molecular weight is 433 g/mol. The standard InChI is InChI=1S/C24H28N6O2/c1-16-13-17(2)27-24(26-16)29-19-8-11-21(25-14-19)22-5-4-12-30(22)15-23(31)28-18-6-9-20(32-3)10-7-18/h6-11,13-14,22H,4-5,12,15H2,1-3H3,(H,28,31)(H,26,27,29)/t22-/m1/s1. The number of hydrogen-bond donors (Lipinski definition) is 2. The van der Waals surface area contributed by atoms with E-state index in [0.29, 0.717) is 12.5 Å². The third kappa shape index (κ3) is 5.39. The minimum atomic E-state index is -0.0349. The van der Waals surface area contributed by atoms with Gasteiger partial charge in [-0.25, -0.2) is 9.97 Å². The Labute approximate surface area is 188 Å². The lowest BCUT2D eigenvalue weighted by molar-refractivity contribution is -0.117. The van der Waals surface area contributed by atoms with Crippen LogP contribution >= 0.6 is 0 Å². The minimum absolute atomic E-state index is 0.0349. The van der Waals surface area contributed by atoms with E-state index >= 15 is 0 Å². The molecule has 1 aromatic carbocycles. The molecule has 1 saturated heterocycles.